The number of carbonyl (C=O) groups is 1. The number of carbonyl (C=O) groups excluding carboxylic acids is 1. The molecule has 1 aromatic carbocycles. The first-order valence-corrected chi connectivity index (χ1v) is 7.55. The van der Waals surface area contributed by atoms with E-state index < -0.39 is 0 Å². The van der Waals surface area contributed by atoms with E-state index in [1.165, 1.54) is 0 Å². The zero-order chi connectivity index (χ0) is 13.9. The van der Waals surface area contributed by atoms with E-state index in [1.54, 1.807) is 23.7 Å². The standard InChI is InChI=1S/C14H10BrN3OS/c15-9-5-10(20-8-9)6-17-18-14(19)12-7-16-13-4-2-1-3-11(12)13/h1-8,16H,(H,18,19)/b17-6+. The van der Waals surface area contributed by atoms with Crippen LogP contribution in [0.5, 0.6) is 0 Å². The van der Waals surface area contributed by atoms with Gasteiger partial charge in [0.2, 0.25) is 0 Å². The van der Waals surface area contributed by atoms with Crippen molar-refractivity contribution < 1.29 is 4.79 Å². The summed E-state index contributed by atoms with van der Waals surface area (Å²) in [4.78, 5) is 16.1. The average molecular weight is 348 g/mol. The first-order chi connectivity index (χ1) is 9.74. The number of hydrazone groups is 1. The molecule has 3 rings (SSSR count). The summed E-state index contributed by atoms with van der Waals surface area (Å²) < 4.78 is 1.01. The lowest BCUT2D eigenvalue weighted by Crippen LogP contribution is -2.17. The molecule has 6 heteroatoms. The van der Waals surface area contributed by atoms with Crippen molar-refractivity contribution in [2.24, 2.45) is 5.10 Å². The Hall–Kier alpha value is -1.92. The molecule has 2 aromatic heterocycles. The van der Waals surface area contributed by atoms with Crippen LogP contribution in [-0.2, 0) is 0 Å². The van der Waals surface area contributed by atoms with Gasteiger partial charge in [0.05, 0.1) is 11.8 Å². The van der Waals surface area contributed by atoms with Crippen molar-refractivity contribution in [1.82, 2.24) is 10.4 Å². The molecule has 0 aliphatic rings. The number of H-pyrrole nitrogens is 1. The molecule has 0 radical (unpaired) electrons. The molecule has 2 N–H and O–H groups in total. The van der Waals surface area contributed by atoms with E-state index in [0.29, 0.717) is 5.56 Å². The van der Waals surface area contributed by atoms with E-state index in [4.69, 9.17) is 0 Å². The van der Waals surface area contributed by atoms with Crippen LogP contribution in [0.15, 0.2) is 51.5 Å². The van der Waals surface area contributed by atoms with Crippen molar-refractivity contribution in [3.63, 3.8) is 0 Å². The number of halogens is 1. The summed E-state index contributed by atoms with van der Waals surface area (Å²) in [6.45, 7) is 0. The Labute approximate surface area is 127 Å². The van der Waals surface area contributed by atoms with E-state index in [9.17, 15) is 4.79 Å². The normalized spacial score (nSPS) is 11.2. The molecule has 20 heavy (non-hydrogen) atoms. The molecular formula is C14H10BrN3OS. The van der Waals surface area contributed by atoms with Gasteiger partial charge < -0.3 is 4.98 Å². The van der Waals surface area contributed by atoms with Crippen LogP contribution >= 0.6 is 27.3 Å². The van der Waals surface area contributed by atoms with E-state index in [2.05, 4.69) is 31.4 Å². The summed E-state index contributed by atoms with van der Waals surface area (Å²) >= 11 is 4.92. The fourth-order valence-corrected chi connectivity index (χ4v) is 3.17. The van der Waals surface area contributed by atoms with Gasteiger partial charge in [-0.2, -0.15) is 5.10 Å². The van der Waals surface area contributed by atoms with Crippen LogP contribution in [0.1, 0.15) is 15.2 Å². The van der Waals surface area contributed by atoms with Gasteiger partial charge in [0, 0.05) is 31.8 Å². The maximum atomic E-state index is 12.1. The molecule has 3 aromatic rings. The lowest BCUT2D eigenvalue weighted by Gasteiger charge is -1.97. The number of aromatic amines is 1. The number of nitrogens with one attached hydrogen (secondary N) is 2. The number of amides is 1. The van der Waals surface area contributed by atoms with Gasteiger partial charge in [0.1, 0.15) is 0 Å². The fraction of sp³-hybridized carbons (Fsp3) is 0. The SMILES string of the molecule is O=C(N/N=C/c1cc(Br)cs1)c1c[nH]c2ccccc12. The van der Waals surface area contributed by atoms with E-state index >= 15 is 0 Å². The number of rotatable bonds is 3. The number of fused-ring (bicyclic) bond motifs is 1. The molecule has 0 saturated heterocycles. The maximum Gasteiger partial charge on any atom is 0.273 e. The van der Waals surface area contributed by atoms with Crippen molar-refractivity contribution in [3.05, 3.63) is 56.8 Å². The van der Waals surface area contributed by atoms with E-state index in [-0.39, 0.29) is 5.91 Å². The zero-order valence-corrected chi connectivity index (χ0v) is 12.7. The second-order valence-corrected chi connectivity index (χ2v) is 5.97. The van der Waals surface area contributed by atoms with Gasteiger partial charge in [-0.15, -0.1) is 11.3 Å². The van der Waals surface area contributed by atoms with E-state index in [0.717, 1.165) is 20.3 Å². The molecule has 0 spiro atoms. The predicted molar refractivity (Wildman–Crippen MR) is 85.4 cm³/mol. The number of aromatic nitrogens is 1. The number of hydrogen-bond donors (Lipinski definition) is 2. The van der Waals surface area contributed by atoms with E-state index in [1.807, 2.05) is 35.7 Å². The van der Waals surface area contributed by atoms with Crippen LogP contribution < -0.4 is 5.43 Å². The van der Waals surface area contributed by atoms with Crippen LogP contribution in [0.25, 0.3) is 10.9 Å². The number of benzene rings is 1. The minimum absolute atomic E-state index is 0.227. The van der Waals surface area contributed by atoms with Gasteiger partial charge in [0.15, 0.2) is 0 Å². The third-order valence-corrected chi connectivity index (χ3v) is 4.41. The van der Waals surface area contributed by atoms with Gasteiger partial charge >= 0.3 is 0 Å². The molecule has 0 fully saturated rings. The lowest BCUT2D eigenvalue weighted by atomic mass is 10.2. The van der Waals surface area contributed by atoms with Crippen LogP contribution in [0, 0.1) is 0 Å². The summed E-state index contributed by atoms with van der Waals surface area (Å²) in [7, 11) is 0. The summed E-state index contributed by atoms with van der Waals surface area (Å²) in [6.07, 6.45) is 3.32. The van der Waals surface area contributed by atoms with Crippen molar-refractivity contribution in [3.8, 4) is 0 Å². The summed E-state index contributed by atoms with van der Waals surface area (Å²) in [5.41, 5.74) is 4.06. The number of nitrogens with zero attached hydrogens (tertiary/aromatic N) is 1. The van der Waals surface area contributed by atoms with Crippen molar-refractivity contribution in [2.45, 2.75) is 0 Å². The average Bonchev–Trinajstić information content (AvgIpc) is 3.05. The first kappa shape index (κ1) is 13.1. The molecule has 0 atom stereocenters. The second-order valence-electron chi connectivity index (χ2n) is 4.11. The third kappa shape index (κ3) is 2.66. The maximum absolute atomic E-state index is 12.1. The van der Waals surface area contributed by atoms with Crippen LogP contribution in [0.3, 0.4) is 0 Å². The Balaban J connectivity index is 1.75. The Morgan fingerprint density at radius 2 is 2.25 bits per heavy atom. The molecule has 0 aliphatic heterocycles. The third-order valence-electron chi connectivity index (χ3n) is 2.78. The zero-order valence-electron chi connectivity index (χ0n) is 10.3. The van der Waals surface area contributed by atoms with Gasteiger partial charge in [-0.3, -0.25) is 4.79 Å². The molecule has 0 bridgehead atoms. The Morgan fingerprint density at radius 1 is 1.40 bits per heavy atom. The number of para-hydroxylation sites is 1. The molecule has 4 nitrogen and oxygen atoms in total. The Bertz CT molecular complexity index is 790. The van der Waals surface area contributed by atoms with Gasteiger partial charge in [0.25, 0.3) is 5.91 Å². The Morgan fingerprint density at radius 3 is 3.05 bits per heavy atom. The van der Waals surface area contributed by atoms with Crippen LogP contribution in [0.2, 0.25) is 0 Å². The topological polar surface area (TPSA) is 57.2 Å². The van der Waals surface area contributed by atoms with Gasteiger partial charge in [-0.1, -0.05) is 18.2 Å². The van der Waals surface area contributed by atoms with Gasteiger partial charge in [-0.05, 0) is 28.1 Å². The number of thiophene rings is 1. The predicted octanol–water partition coefficient (Wildman–Crippen LogP) is 3.76. The summed E-state index contributed by atoms with van der Waals surface area (Å²) in [5, 5.41) is 6.82. The quantitative estimate of drug-likeness (QED) is 0.550. The highest BCUT2D eigenvalue weighted by molar-refractivity contribution is 9.10. The first-order valence-electron chi connectivity index (χ1n) is 5.87. The monoisotopic (exact) mass is 347 g/mol. The smallest absolute Gasteiger partial charge is 0.273 e. The van der Waals surface area contributed by atoms with Crippen LogP contribution in [-0.4, -0.2) is 17.1 Å². The number of hydrogen-bond acceptors (Lipinski definition) is 3. The van der Waals surface area contributed by atoms with Crippen molar-refractivity contribution in [1.29, 1.82) is 0 Å². The minimum Gasteiger partial charge on any atom is -0.360 e. The van der Waals surface area contributed by atoms with Gasteiger partial charge in [-0.25, -0.2) is 5.43 Å². The summed E-state index contributed by atoms with van der Waals surface area (Å²) in [5.74, 6) is -0.227. The molecule has 0 saturated carbocycles. The van der Waals surface area contributed by atoms with Crippen molar-refractivity contribution >= 4 is 50.3 Å². The van der Waals surface area contributed by atoms with Crippen LogP contribution in [0.4, 0.5) is 0 Å². The highest BCUT2D eigenvalue weighted by Crippen LogP contribution is 2.18. The Kier molecular flexibility index (Phi) is 3.66. The highest BCUT2D eigenvalue weighted by Gasteiger charge is 2.10. The lowest BCUT2D eigenvalue weighted by molar-refractivity contribution is 0.0957. The molecule has 2 heterocycles. The molecule has 0 aliphatic carbocycles. The minimum atomic E-state index is -0.227. The summed E-state index contributed by atoms with van der Waals surface area (Å²) in [6, 6.07) is 9.60. The molecule has 1 amide bonds. The molecule has 0 unspecified atom stereocenters. The molecular weight excluding hydrogens is 338 g/mol. The largest absolute Gasteiger partial charge is 0.360 e. The molecule has 100 valence electrons. The fourth-order valence-electron chi connectivity index (χ4n) is 1.87. The second kappa shape index (κ2) is 5.60. The van der Waals surface area contributed by atoms with Crippen molar-refractivity contribution in [2.75, 3.05) is 0 Å². The highest BCUT2D eigenvalue weighted by atomic mass is 79.9.